The molecule has 1 aliphatic rings. The molecule has 0 amide bonds. The second-order valence-corrected chi connectivity index (χ2v) is 5.83. The number of rotatable bonds is 6. The average Bonchev–Trinajstić information content (AvgIpc) is 2.38. The van der Waals surface area contributed by atoms with Crippen LogP contribution in [0.1, 0.15) is 63.5 Å². The molecule has 0 radical (unpaired) electrons. The standard InChI is InChI=1S/C16H25NO2/c18-15-11-14(17-16(19)12-15)10-6-2-5-9-13-7-3-1-4-8-13/h11-13H,1-10H2,(H2,17,18,19). The second kappa shape index (κ2) is 7.37. The van der Waals surface area contributed by atoms with Crippen LogP contribution in [0.4, 0.5) is 0 Å². The molecule has 0 aliphatic heterocycles. The number of aryl methyl sites for hydroxylation is 1. The first-order chi connectivity index (χ1) is 9.24. The minimum atomic E-state index is -0.211. The molecule has 2 N–H and O–H groups in total. The number of nitrogens with one attached hydrogen (secondary N) is 1. The lowest BCUT2D eigenvalue weighted by atomic mass is 9.85. The first-order valence-electron chi connectivity index (χ1n) is 7.66. The lowest BCUT2D eigenvalue weighted by Gasteiger charge is -2.21. The third-order valence-electron chi connectivity index (χ3n) is 4.17. The molecule has 1 aliphatic carbocycles. The second-order valence-electron chi connectivity index (χ2n) is 5.83. The Morgan fingerprint density at radius 1 is 1.11 bits per heavy atom. The van der Waals surface area contributed by atoms with Crippen LogP contribution in [0.3, 0.4) is 0 Å². The Morgan fingerprint density at radius 2 is 1.89 bits per heavy atom. The fourth-order valence-corrected chi connectivity index (χ4v) is 3.12. The Bertz CT molecular complexity index is 433. The molecule has 0 unspecified atom stereocenters. The maximum Gasteiger partial charge on any atom is 0.251 e. The van der Waals surface area contributed by atoms with Crippen molar-refractivity contribution in [3.63, 3.8) is 0 Å². The molecule has 0 spiro atoms. The van der Waals surface area contributed by atoms with E-state index in [4.69, 9.17) is 0 Å². The molecule has 3 nitrogen and oxygen atoms in total. The SMILES string of the molecule is O=c1cc(O)cc(CCCCCC2CCCCC2)[nH]1. The Hall–Kier alpha value is -1.25. The van der Waals surface area contributed by atoms with Crippen LogP contribution in [0.25, 0.3) is 0 Å². The fourth-order valence-electron chi connectivity index (χ4n) is 3.12. The number of hydrogen-bond acceptors (Lipinski definition) is 2. The largest absolute Gasteiger partial charge is 0.508 e. The van der Waals surface area contributed by atoms with Crippen molar-refractivity contribution in [3.8, 4) is 5.75 Å². The summed E-state index contributed by atoms with van der Waals surface area (Å²) in [4.78, 5) is 14.0. The number of unbranched alkanes of at least 4 members (excludes halogenated alkanes) is 2. The number of aromatic hydroxyl groups is 1. The minimum absolute atomic E-state index is 0.0703. The van der Waals surface area contributed by atoms with Crippen molar-refractivity contribution >= 4 is 0 Å². The van der Waals surface area contributed by atoms with Crippen molar-refractivity contribution in [2.45, 2.75) is 64.2 Å². The quantitative estimate of drug-likeness (QED) is 0.768. The van der Waals surface area contributed by atoms with E-state index in [0.29, 0.717) is 0 Å². The zero-order valence-corrected chi connectivity index (χ0v) is 11.7. The normalized spacial score (nSPS) is 16.6. The molecule has 0 saturated heterocycles. The third-order valence-corrected chi connectivity index (χ3v) is 4.17. The maximum absolute atomic E-state index is 11.2. The van der Waals surface area contributed by atoms with Gasteiger partial charge in [0.1, 0.15) is 5.75 Å². The summed E-state index contributed by atoms with van der Waals surface area (Å²) in [5.74, 6) is 1.04. The van der Waals surface area contributed by atoms with Crippen LogP contribution in [-0.4, -0.2) is 10.1 Å². The van der Waals surface area contributed by atoms with Gasteiger partial charge in [-0.15, -0.1) is 0 Å². The van der Waals surface area contributed by atoms with E-state index in [2.05, 4.69) is 4.98 Å². The van der Waals surface area contributed by atoms with Gasteiger partial charge in [-0.05, 0) is 24.8 Å². The Morgan fingerprint density at radius 3 is 2.63 bits per heavy atom. The molecule has 3 heteroatoms. The summed E-state index contributed by atoms with van der Waals surface area (Å²) in [6, 6.07) is 2.87. The fraction of sp³-hybridized carbons (Fsp3) is 0.688. The zero-order valence-electron chi connectivity index (χ0n) is 11.7. The van der Waals surface area contributed by atoms with Gasteiger partial charge in [0.2, 0.25) is 0 Å². The number of aromatic amines is 1. The van der Waals surface area contributed by atoms with Crippen LogP contribution in [0.15, 0.2) is 16.9 Å². The van der Waals surface area contributed by atoms with E-state index in [1.165, 1.54) is 57.4 Å². The lowest BCUT2D eigenvalue weighted by Crippen LogP contribution is -2.07. The molecular weight excluding hydrogens is 238 g/mol. The zero-order chi connectivity index (χ0) is 13.5. The Labute approximate surface area is 115 Å². The van der Waals surface area contributed by atoms with Crippen molar-refractivity contribution in [1.82, 2.24) is 4.98 Å². The van der Waals surface area contributed by atoms with Gasteiger partial charge in [-0.3, -0.25) is 4.79 Å². The molecule has 2 rings (SSSR count). The van der Waals surface area contributed by atoms with E-state index < -0.39 is 0 Å². The highest BCUT2D eigenvalue weighted by Crippen LogP contribution is 2.27. The van der Waals surface area contributed by atoms with Crippen LogP contribution in [0.2, 0.25) is 0 Å². The van der Waals surface area contributed by atoms with Gasteiger partial charge in [-0.1, -0.05) is 51.4 Å². The van der Waals surface area contributed by atoms with E-state index in [0.717, 1.165) is 24.5 Å². The molecule has 1 saturated carbocycles. The molecule has 1 aromatic rings. The summed E-state index contributed by atoms with van der Waals surface area (Å²) in [5, 5.41) is 9.35. The summed E-state index contributed by atoms with van der Waals surface area (Å²) in [5.41, 5.74) is 0.639. The first-order valence-corrected chi connectivity index (χ1v) is 7.66. The van der Waals surface area contributed by atoms with E-state index in [-0.39, 0.29) is 11.3 Å². The van der Waals surface area contributed by atoms with Crippen molar-refractivity contribution in [2.24, 2.45) is 5.92 Å². The molecule has 0 bridgehead atoms. The highest BCUT2D eigenvalue weighted by molar-refractivity contribution is 5.20. The number of H-pyrrole nitrogens is 1. The molecule has 1 heterocycles. The molecule has 1 fully saturated rings. The van der Waals surface area contributed by atoms with E-state index in [1.807, 2.05) is 0 Å². The van der Waals surface area contributed by atoms with Crippen molar-refractivity contribution < 1.29 is 5.11 Å². The van der Waals surface area contributed by atoms with Crippen LogP contribution >= 0.6 is 0 Å². The van der Waals surface area contributed by atoms with Crippen LogP contribution < -0.4 is 5.56 Å². The van der Waals surface area contributed by atoms with Crippen LogP contribution in [0, 0.1) is 5.92 Å². The highest BCUT2D eigenvalue weighted by Gasteiger charge is 2.12. The van der Waals surface area contributed by atoms with Gasteiger partial charge in [0.05, 0.1) is 0 Å². The highest BCUT2D eigenvalue weighted by atomic mass is 16.3. The van der Waals surface area contributed by atoms with E-state index in [9.17, 15) is 9.90 Å². The number of aromatic nitrogens is 1. The number of hydrogen-bond donors (Lipinski definition) is 2. The van der Waals surface area contributed by atoms with Gasteiger partial charge in [-0.25, -0.2) is 0 Å². The summed E-state index contributed by atoms with van der Waals surface area (Å²) in [6.07, 6.45) is 13.0. The topological polar surface area (TPSA) is 53.1 Å². The molecular formula is C16H25NO2. The van der Waals surface area contributed by atoms with Crippen molar-refractivity contribution in [3.05, 3.63) is 28.2 Å². The summed E-state index contributed by atoms with van der Waals surface area (Å²) in [6.45, 7) is 0. The van der Waals surface area contributed by atoms with Crippen molar-refractivity contribution in [2.75, 3.05) is 0 Å². The maximum atomic E-state index is 11.2. The smallest absolute Gasteiger partial charge is 0.251 e. The molecule has 1 aromatic heterocycles. The predicted octanol–water partition coefficient (Wildman–Crippen LogP) is 3.76. The lowest BCUT2D eigenvalue weighted by molar-refractivity contribution is 0.328. The van der Waals surface area contributed by atoms with Gasteiger partial charge >= 0.3 is 0 Å². The van der Waals surface area contributed by atoms with Gasteiger partial charge < -0.3 is 10.1 Å². The molecule has 19 heavy (non-hydrogen) atoms. The first kappa shape index (κ1) is 14.2. The summed E-state index contributed by atoms with van der Waals surface area (Å²) in [7, 11) is 0. The third kappa shape index (κ3) is 5.09. The van der Waals surface area contributed by atoms with Gasteiger partial charge in [0.25, 0.3) is 5.56 Å². The van der Waals surface area contributed by atoms with Gasteiger partial charge in [0, 0.05) is 11.8 Å². The number of pyridine rings is 1. The Balaban J connectivity index is 1.62. The average molecular weight is 263 g/mol. The van der Waals surface area contributed by atoms with Gasteiger partial charge in [-0.2, -0.15) is 0 Å². The predicted molar refractivity (Wildman–Crippen MR) is 77.5 cm³/mol. The minimum Gasteiger partial charge on any atom is -0.508 e. The molecule has 0 atom stereocenters. The molecule has 106 valence electrons. The summed E-state index contributed by atoms with van der Waals surface area (Å²) >= 11 is 0. The van der Waals surface area contributed by atoms with Crippen LogP contribution in [-0.2, 0) is 6.42 Å². The van der Waals surface area contributed by atoms with E-state index in [1.54, 1.807) is 6.07 Å². The summed E-state index contributed by atoms with van der Waals surface area (Å²) < 4.78 is 0. The van der Waals surface area contributed by atoms with Crippen LogP contribution in [0.5, 0.6) is 5.75 Å². The monoisotopic (exact) mass is 263 g/mol. The van der Waals surface area contributed by atoms with Crippen molar-refractivity contribution in [1.29, 1.82) is 0 Å². The Kier molecular flexibility index (Phi) is 5.49. The molecule has 0 aromatic carbocycles. The van der Waals surface area contributed by atoms with E-state index >= 15 is 0 Å². The van der Waals surface area contributed by atoms with Gasteiger partial charge in [0.15, 0.2) is 0 Å².